The van der Waals surface area contributed by atoms with Gasteiger partial charge in [-0.25, -0.2) is 13.2 Å². The summed E-state index contributed by atoms with van der Waals surface area (Å²) in [4.78, 5) is 11.6. The van der Waals surface area contributed by atoms with Gasteiger partial charge in [0.05, 0.1) is 17.6 Å². The number of anilines is 1. The molecule has 0 aliphatic heterocycles. The molecule has 0 radical (unpaired) electrons. The molecule has 2 aromatic rings. The van der Waals surface area contributed by atoms with Gasteiger partial charge in [-0.3, -0.25) is 4.72 Å². The van der Waals surface area contributed by atoms with Crippen LogP contribution in [0.25, 0.3) is 0 Å². The molecule has 0 spiro atoms. The van der Waals surface area contributed by atoms with Gasteiger partial charge in [0, 0.05) is 9.26 Å². The van der Waals surface area contributed by atoms with Crippen molar-refractivity contribution in [3.8, 4) is 0 Å². The van der Waals surface area contributed by atoms with Crippen LogP contribution in [0.2, 0.25) is 0 Å². The summed E-state index contributed by atoms with van der Waals surface area (Å²) >= 11 is 2.14. The highest BCUT2D eigenvalue weighted by molar-refractivity contribution is 14.1. The van der Waals surface area contributed by atoms with E-state index in [1.807, 2.05) is 0 Å². The highest BCUT2D eigenvalue weighted by atomic mass is 127. The normalized spacial score (nSPS) is 11.0. The van der Waals surface area contributed by atoms with Gasteiger partial charge in [0.2, 0.25) is 0 Å². The first-order chi connectivity index (χ1) is 10.3. The van der Waals surface area contributed by atoms with Crippen LogP contribution in [-0.2, 0) is 14.8 Å². The van der Waals surface area contributed by atoms with Crippen LogP contribution < -0.4 is 4.72 Å². The number of esters is 1. The van der Waals surface area contributed by atoms with E-state index in [9.17, 15) is 13.2 Å². The topological polar surface area (TPSA) is 72.5 Å². The van der Waals surface area contributed by atoms with E-state index in [0.717, 1.165) is 3.57 Å². The van der Waals surface area contributed by atoms with Gasteiger partial charge in [-0.15, -0.1) is 0 Å². The summed E-state index contributed by atoms with van der Waals surface area (Å²) in [6.45, 7) is 1.67. The molecule has 0 saturated carbocycles. The molecule has 0 unspecified atom stereocenters. The van der Waals surface area contributed by atoms with E-state index in [0.29, 0.717) is 11.3 Å². The third-order valence-electron chi connectivity index (χ3n) is 3.00. The van der Waals surface area contributed by atoms with Crippen LogP contribution in [0, 0.1) is 10.5 Å². The number of rotatable bonds is 4. The second-order valence-electron chi connectivity index (χ2n) is 4.58. The first-order valence-electron chi connectivity index (χ1n) is 6.31. The molecule has 116 valence electrons. The van der Waals surface area contributed by atoms with Gasteiger partial charge in [-0.05, 0) is 71.5 Å². The zero-order chi connectivity index (χ0) is 16.3. The number of hydrogen-bond acceptors (Lipinski definition) is 4. The molecule has 0 amide bonds. The van der Waals surface area contributed by atoms with E-state index < -0.39 is 16.0 Å². The molecule has 22 heavy (non-hydrogen) atoms. The maximum absolute atomic E-state index is 12.5. The lowest BCUT2D eigenvalue weighted by Gasteiger charge is -2.11. The van der Waals surface area contributed by atoms with Gasteiger partial charge >= 0.3 is 5.97 Å². The number of hydrogen-bond donors (Lipinski definition) is 1. The lowest BCUT2D eigenvalue weighted by atomic mass is 10.1. The molecule has 2 aromatic carbocycles. The third kappa shape index (κ3) is 3.77. The van der Waals surface area contributed by atoms with E-state index in [1.54, 1.807) is 37.3 Å². The Hall–Kier alpha value is -1.61. The predicted octanol–water partition coefficient (Wildman–Crippen LogP) is 3.19. The Balaban J connectivity index is 2.40. The molecule has 0 heterocycles. The first-order valence-corrected chi connectivity index (χ1v) is 8.87. The smallest absolute Gasteiger partial charge is 0.337 e. The van der Waals surface area contributed by atoms with E-state index in [1.165, 1.54) is 19.2 Å². The van der Waals surface area contributed by atoms with Gasteiger partial charge in [-0.1, -0.05) is 6.07 Å². The van der Waals surface area contributed by atoms with Crippen LogP contribution in [0.4, 0.5) is 5.69 Å². The second kappa shape index (κ2) is 6.66. The van der Waals surface area contributed by atoms with Crippen molar-refractivity contribution < 1.29 is 17.9 Å². The van der Waals surface area contributed by atoms with E-state index >= 15 is 0 Å². The van der Waals surface area contributed by atoms with E-state index in [4.69, 9.17) is 0 Å². The number of carbonyl (C=O) groups excluding carboxylic acids is 1. The van der Waals surface area contributed by atoms with Gasteiger partial charge in [0.25, 0.3) is 10.0 Å². The fourth-order valence-electron chi connectivity index (χ4n) is 1.86. The van der Waals surface area contributed by atoms with Crippen molar-refractivity contribution in [2.24, 2.45) is 0 Å². The molecule has 0 fully saturated rings. The molecule has 1 N–H and O–H groups in total. The van der Waals surface area contributed by atoms with Crippen molar-refractivity contribution in [2.75, 3.05) is 11.8 Å². The highest BCUT2D eigenvalue weighted by Gasteiger charge is 2.19. The largest absolute Gasteiger partial charge is 0.465 e. The summed E-state index contributed by atoms with van der Waals surface area (Å²) in [5, 5.41) is 0. The lowest BCUT2D eigenvalue weighted by Crippen LogP contribution is -2.15. The Morgan fingerprint density at radius 2 is 1.77 bits per heavy atom. The van der Waals surface area contributed by atoms with E-state index in [2.05, 4.69) is 32.0 Å². The lowest BCUT2D eigenvalue weighted by molar-refractivity contribution is 0.0600. The van der Waals surface area contributed by atoms with E-state index in [-0.39, 0.29) is 10.5 Å². The molecule has 5 nitrogen and oxygen atoms in total. The van der Waals surface area contributed by atoms with Crippen LogP contribution in [0.3, 0.4) is 0 Å². The number of benzene rings is 2. The van der Waals surface area contributed by atoms with Crippen molar-refractivity contribution in [1.82, 2.24) is 0 Å². The highest BCUT2D eigenvalue weighted by Crippen LogP contribution is 2.21. The quantitative estimate of drug-likeness (QED) is 0.597. The molecule has 7 heteroatoms. The van der Waals surface area contributed by atoms with Gasteiger partial charge in [-0.2, -0.15) is 0 Å². The summed E-state index contributed by atoms with van der Waals surface area (Å²) in [5.74, 6) is -0.578. The molecule has 0 aliphatic rings. The second-order valence-corrected chi connectivity index (χ2v) is 7.48. The standard InChI is InChI=1S/C15H14INO4S/c1-10-3-4-11(15(18)21-2)9-14(10)22(19,20)17-13-7-5-12(16)6-8-13/h3-9,17H,1-2H3. The number of ether oxygens (including phenoxy) is 1. The number of nitrogens with one attached hydrogen (secondary N) is 1. The minimum absolute atomic E-state index is 0.0500. The third-order valence-corrected chi connectivity index (χ3v) is 5.24. The fraction of sp³-hybridized carbons (Fsp3) is 0.133. The SMILES string of the molecule is COC(=O)c1ccc(C)c(S(=O)(=O)Nc2ccc(I)cc2)c1. The minimum atomic E-state index is -3.78. The summed E-state index contributed by atoms with van der Waals surface area (Å²) in [6, 6.07) is 11.4. The zero-order valence-electron chi connectivity index (χ0n) is 12.0. The number of methoxy groups -OCH3 is 1. The van der Waals surface area contributed by atoms with Crippen LogP contribution in [0.1, 0.15) is 15.9 Å². The average Bonchev–Trinajstić information content (AvgIpc) is 2.49. The summed E-state index contributed by atoms with van der Waals surface area (Å²) in [7, 11) is -2.53. The number of halogens is 1. The van der Waals surface area contributed by atoms with Gasteiger partial charge in [0.15, 0.2) is 0 Å². The Bertz CT molecular complexity index is 801. The van der Waals surface area contributed by atoms with Crippen molar-refractivity contribution in [2.45, 2.75) is 11.8 Å². The monoisotopic (exact) mass is 431 g/mol. The molecule has 0 bridgehead atoms. The maximum atomic E-state index is 12.5. The van der Waals surface area contributed by atoms with Gasteiger partial charge in [0.1, 0.15) is 0 Å². The first kappa shape index (κ1) is 16.8. The Kier molecular flexibility index (Phi) is 5.07. The number of carbonyl (C=O) groups is 1. The van der Waals surface area contributed by atoms with Crippen molar-refractivity contribution >= 4 is 44.3 Å². The number of aryl methyl sites for hydroxylation is 1. The summed E-state index contributed by atoms with van der Waals surface area (Å²) < 4.78 is 33.1. The zero-order valence-corrected chi connectivity index (χ0v) is 14.9. The van der Waals surface area contributed by atoms with Crippen LogP contribution in [-0.4, -0.2) is 21.5 Å². The summed E-state index contributed by atoms with van der Waals surface area (Å²) in [5.41, 5.74) is 1.20. The molecule has 2 rings (SSSR count). The fourth-order valence-corrected chi connectivity index (χ4v) is 3.55. The minimum Gasteiger partial charge on any atom is -0.465 e. The Labute approximate surface area is 142 Å². The van der Waals surface area contributed by atoms with Crippen LogP contribution in [0.5, 0.6) is 0 Å². The Morgan fingerprint density at radius 3 is 2.36 bits per heavy atom. The van der Waals surface area contributed by atoms with Crippen molar-refractivity contribution in [3.63, 3.8) is 0 Å². The van der Waals surface area contributed by atoms with Crippen LogP contribution in [0.15, 0.2) is 47.4 Å². The number of sulfonamides is 1. The molecular weight excluding hydrogens is 417 g/mol. The molecular formula is C15H14INO4S. The molecule has 0 aromatic heterocycles. The van der Waals surface area contributed by atoms with Crippen molar-refractivity contribution in [3.05, 3.63) is 57.2 Å². The predicted molar refractivity (Wildman–Crippen MR) is 92.5 cm³/mol. The maximum Gasteiger partial charge on any atom is 0.337 e. The summed E-state index contributed by atoms with van der Waals surface area (Å²) in [6.07, 6.45) is 0. The molecule has 0 atom stereocenters. The molecule has 0 saturated heterocycles. The molecule has 0 aliphatic carbocycles. The van der Waals surface area contributed by atoms with Crippen LogP contribution >= 0.6 is 22.6 Å². The average molecular weight is 431 g/mol. The van der Waals surface area contributed by atoms with Crippen molar-refractivity contribution in [1.29, 1.82) is 0 Å². The Morgan fingerprint density at radius 1 is 1.14 bits per heavy atom. The van der Waals surface area contributed by atoms with Gasteiger partial charge < -0.3 is 4.74 Å².